The molecular weight excluding hydrogens is 2030 g/mol. The molecule has 0 aliphatic carbocycles. The molecule has 712 valence electrons. The van der Waals surface area contributed by atoms with Crippen molar-refractivity contribution in [2.24, 2.45) is 10.2 Å². The first kappa shape index (κ1) is 101. The van der Waals surface area contributed by atoms with Crippen LogP contribution in [0.25, 0.3) is 173 Å². The quantitative estimate of drug-likeness (QED) is 0.0183. The van der Waals surface area contributed by atoms with Crippen LogP contribution in [0.1, 0.15) is 49.1 Å². The number of rotatable bonds is 18. The minimum Gasteiger partial charge on any atom is -0.456 e. The summed E-state index contributed by atoms with van der Waals surface area (Å²) in [6.45, 7) is 1.56. The molecule has 0 atom stereocenters. The lowest BCUT2D eigenvalue weighted by Gasteiger charge is -2.11. The highest BCUT2D eigenvalue weighted by atomic mass is 79.9. The Kier molecular flexibility index (Phi) is 34.6. The van der Waals surface area contributed by atoms with Gasteiger partial charge in [0.05, 0.1) is 22.8 Å². The van der Waals surface area contributed by atoms with Gasteiger partial charge in [-0.15, -0.1) is 0 Å². The molecule has 0 fully saturated rings. The lowest BCUT2D eigenvalue weighted by Crippen LogP contribution is -2.29. The highest BCUT2D eigenvalue weighted by Gasteiger charge is 2.18. The van der Waals surface area contributed by atoms with Gasteiger partial charge in [0.1, 0.15) is 34.5 Å². The van der Waals surface area contributed by atoms with Crippen molar-refractivity contribution >= 4 is 146 Å². The number of nitrogens with two attached hydrogens (primary N) is 1. The highest BCUT2D eigenvalue weighted by Crippen LogP contribution is 2.38. The molecular formula is C129H93BBr3ClN6O7. The molecule has 0 unspecified atom stereocenters. The van der Waals surface area contributed by atoms with Crippen LogP contribution in [-0.4, -0.2) is 60.8 Å². The summed E-state index contributed by atoms with van der Waals surface area (Å²) >= 11 is 15.3. The molecule has 0 aliphatic heterocycles. The fourth-order valence-electron chi connectivity index (χ4n) is 16.1. The van der Waals surface area contributed by atoms with Gasteiger partial charge in [-0.3, -0.25) is 14.4 Å². The van der Waals surface area contributed by atoms with E-state index in [2.05, 4.69) is 277 Å². The van der Waals surface area contributed by atoms with Gasteiger partial charge < -0.3 is 24.6 Å². The van der Waals surface area contributed by atoms with Crippen molar-refractivity contribution in [3.8, 4) is 123 Å². The van der Waals surface area contributed by atoms with Gasteiger partial charge >= 0.3 is 7.12 Å². The van der Waals surface area contributed by atoms with Crippen molar-refractivity contribution in [2.45, 2.75) is 6.92 Å². The van der Waals surface area contributed by atoms with Crippen LogP contribution in [0.2, 0.25) is 0 Å². The summed E-state index contributed by atoms with van der Waals surface area (Å²) in [5.74, 6) is 1.89. The van der Waals surface area contributed by atoms with Crippen molar-refractivity contribution in [3.63, 3.8) is 0 Å². The van der Waals surface area contributed by atoms with Crippen LogP contribution in [0.4, 0.5) is 0 Å². The number of ketones is 2. The third-order valence-corrected chi connectivity index (χ3v) is 25.7. The molecule has 0 saturated heterocycles. The van der Waals surface area contributed by atoms with Gasteiger partial charge in [-0.1, -0.05) is 466 Å². The van der Waals surface area contributed by atoms with Gasteiger partial charge in [-0.05, 0) is 171 Å². The molecule has 0 aliphatic rings. The SMILES string of the molecule is Brc1ccc(-c2cc(-c3ccc(-c4ccccc4)cc3)nc(-c3ccccc3)n2)cc1.CC(=O)c1ccc(Br)cc1.NC(=NCl)c1ccccc1.O=C(/C=C/c1ccc(-c2ccccc2)cc1)c1ccc(Br)cc1.O=Cc1ccc(-c2ccccc2)cc1.OB(O)c1ccc2oc3ccccc3c2c1.c1ccc(-c2ccc(-c3cc(-c4ccc(-c5ccc6oc7ccccc7c6c5)cc4)nc(-c4ccccc4)n3)cc2)cc1. The summed E-state index contributed by atoms with van der Waals surface area (Å²) in [6, 6.07) is 167. The second-order valence-electron chi connectivity index (χ2n) is 33.9. The maximum absolute atomic E-state index is 12.1. The van der Waals surface area contributed by atoms with Crippen LogP contribution >= 0.6 is 59.6 Å². The van der Waals surface area contributed by atoms with E-state index in [0.29, 0.717) is 28.2 Å². The average Bonchev–Trinajstić information content (AvgIpc) is 1.66. The molecule has 4 aromatic heterocycles. The summed E-state index contributed by atoms with van der Waals surface area (Å²) in [7, 11) is -1.45. The second-order valence-corrected chi connectivity index (χ2v) is 36.8. The minimum atomic E-state index is -1.45. The van der Waals surface area contributed by atoms with Crippen LogP contribution < -0.4 is 11.2 Å². The predicted octanol–water partition coefficient (Wildman–Crippen LogP) is 33.3. The third-order valence-electron chi connectivity index (χ3n) is 24.0. The van der Waals surface area contributed by atoms with Crippen LogP contribution in [0.15, 0.2) is 536 Å². The molecule has 0 bridgehead atoms. The number of hydrogen-bond acceptors (Lipinski definition) is 12. The second kappa shape index (κ2) is 50.2. The Labute approximate surface area is 883 Å². The topological polar surface area (TPSA) is 208 Å². The Morgan fingerprint density at radius 3 is 0.932 bits per heavy atom. The number of nitrogens with zero attached hydrogens (tertiary/aromatic N) is 5. The zero-order valence-corrected chi connectivity index (χ0v) is 85.0. The Bertz CT molecular complexity index is 8400. The molecule has 0 amide bonds. The van der Waals surface area contributed by atoms with E-state index in [1.54, 1.807) is 43.3 Å². The number of fused-ring (bicyclic) bond motifs is 6. The Morgan fingerprint density at radius 1 is 0.293 bits per heavy atom. The van der Waals surface area contributed by atoms with Crippen LogP contribution in [-0.2, 0) is 0 Å². The van der Waals surface area contributed by atoms with Gasteiger partial charge in [-0.2, -0.15) is 4.51 Å². The van der Waals surface area contributed by atoms with E-state index >= 15 is 0 Å². The number of allylic oxidation sites excluding steroid dienone is 1. The van der Waals surface area contributed by atoms with E-state index in [1.807, 2.05) is 255 Å². The van der Waals surface area contributed by atoms with E-state index in [0.717, 1.165) is 159 Å². The Balaban J connectivity index is 0.000000125. The summed E-state index contributed by atoms with van der Waals surface area (Å²) in [5.41, 5.74) is 34.8. The van der Waals surface area contributed by atoms with E-state index in [9.17, 15) is 14.4 Å². The molecule has 13 nitrogen and oxygen atoms in total. The third kappa shape index (κ3) is 27.3. The summed E-state index contributed by atoms with van der Waals surface area (Å²) in [5, 5.41) is 22.4. The van der Waals surface area contributed by atoms with E-state index in [1.165, 1.54) is 38.9 Å². The fourth-order valence-corrected chi connectivity index (χ4v) is 17.0. The average molecular weight is 2130 g/mol. The first-order valence-electron chi connectivity index (χ1n) is 47.2. The number of carbonyl (C=O) groups excluding carboxylic acids is 3. The van der Waals surface area contributed by atoms with Crippen molar-refractivity contribution < 1.29 is 33.3 Å². The Morgan fingerprint density at radius 2 is 0.571 bits per heavy atom. The maximum atomic E-state index is 12.1. The van der Waals surface area contributed by atoms with Crippen molar-refractivity contribution in [1.29, 1.82) is 0 Å². The van der Waals surface area contributed by atoms with Gasteiger partial charge in [0.25, 0.3) is 0 Å². The maximum Gasteiger partial charge on any atom is 0.488 e. The fraction of sp³-hybridized carbons (Fsp3) is 0.00775. The molecule has 18 heteroatoms. The minimum absolute atomic E-state index is 0.00429. The van der Waals surface area contributed by atoms with Crippen molar-refractivity contribution in [1.82, 2.24) is 19.9 Å². The largest absolute Gasteiger partial charge is 0.488 e. The molecule has 4 heterocycles. The number of aromatic nitrogens is 4. The van der Waals surface area contributed by atoms with Gasteiger partial charge in [0.15, 0.2) is 23.2 Å². The Hall–Kier alpha value is -17.1. The summed E-state index contributed by atoms with van der Waals surface area (Å²) in [6.07, 6.45) is 4.31. The number of carbonyl (C=O) groups is 3. The lowest BCUT2D eigenvalue weighted by molar-refractivity contribution is 0.101. The zero-order chi connectivity index (χ0) is 102. The number of aldehydes is 1. The molecule has 23 rings (SSSR count). The van der Waals surface area contributed by atoms with Crippen LogP contribution in [0, 0.1) is 0 Å². The number of amidine groups is 1. The van der Waals surface area contributed by atoms with E-state index < -0.39 is 7.12 Å². The molecule has 23 aromatic rings. The van der Waals surface area contributed by atoms with E-state index in [-0.39, 0.29) is 11.6 Å². The van der Waals surface area contributed by atoms with Gasteiger partial charge in [-0.25, -0.2) is 19.9 Å². The molecule has 0 radical (unpaired) electrons. The summed E-state index contributed by atoms with van der Waals surface area (Å²) < 4.78 is 18.0. The molecule has 0 spiro atoms. The lowest BCUT2D eigenvalue weighted by atomic mass is 9.80. The smallest absolute Gasteiger partial charge is 0.456 e. The van der Waals surface area contributed by atoms with E-state index in [4.69, 9.17) is 56.3 Å². The number of benzene rings is 19. The predicted molar refractivity (Wildman–Crippen MR) is 615 cm³/mol. The van der Waals surface area contributed by atoms with Crippen molar-refractivity contribution in [3.05, 3.63) is 551 Å². The molecule has 19 aromatic carbocycles. The number of hydrogen-bond donors (Lipinski definition) is 3. The van der Waals surface area contributed by atoms with Gasteiger partial charge in [0.2, 0.25) is 0 Å². The first-order chi connectivity index (χ1) is 72.0. The number of furan rings is 2. The monoisotopic (exact) mass is 2120 g/mol. The zero-order valence-electron chi connectivity index (χ0n) is 79.5. The van der Waals surface area contributed by atoms with Crippen molar-refractivity contribution in [2.75, 3.05) is 0 Å². The number of halogens is 4. The van der Waals surface area contributed by atoms with Gasteiger partial charge in [0, 0.05) is 102 Å². The number of para-hydroxylation sites is 2. The standard InChI is InChI=1S/C40H26N2O.C28H19BrN2.C21H15BrO.C13H10O.C12H9BO3.C8H7BrO.C7H7ClN2/c1-3-9-27(10-4-1)28-15-19-30(20-16-28)36-26-37(42-40(41-36)32-11-5-2-6-12-32)31-21-17-29(18-22-31)33-23-24-39-35(25-33)34-13-7-8-14-38(34)43-39;29-25-17-15-23(16-18-25)27-19-26(30-28(31-27)24-9-5-2-6-10-24)22-13-11-21(12-14-22)20-7-3-1-4-8-20;22-20-13-11-19(12-14-20)21(23)15-8-16-6-9-18(10-7-16)17-4-2-1-3-5-17;14-10-11-6-8-13(9-7-11)12-4-2-1-3-5-12;14-13(15)8-5-6-12-10(7-8)9-3-1-2-4-11(9)16-12;1-6(10)7-2-4-8(9)5-3-7;8-10-7(9)6-4-2-1-3-5-6/h1-26H;1-19H;1-15H;1-10H;1-7,14-15H;2-5H,1H3;1-5H,(H2,9,10)/b;;15-8+;;;;. The van der Waals surface area contributed by atoms with Crippen LogP contribution in [0.5, 0.6) is 0 Å². The normalized spacial score (nSPS) is 10.8. The molecule has 4 N–H and O–H groups in total. The summed E-state index contributed by atoms with van der Waals surface area (Å²) in [4.78, 5) is 53.1. The molecule has 0 saturated carbocycles. The first-order valence-corrected chi connectivity index (χ1v) is 50.0. The van der Waals surface area contributed by atoms with Crippen LogP contribution in [0.3, 0.4) is 0 Å². The molecule has 147 heavy (non-hydrogen) atoms. The number of Topliss-reactive ketones (excluding diaryl/α,β-unsaturated/α-hetero) is 1. The highest BCUT2D eigenvalue weighted by molar-refractivity contribution is 9.11.